The third-order valence-electron chi connectivity index (χ3n) is 2.21. The summed E-state index contributed by atoms with van der Waals surface area (Å²) < 4.78 is 0. The minimum absolute atomic E-state index is 0.00441. The minimum Gasteiger partial charge on any atom is -0.365 e. The summed E-state index contributed by atoms with van der Waals surface area (Å²) in [4.78, 5) is 4.56. The molecule has 0 spiro atoms. The molecule has 0 aromatic carbocycles. The number of hydrogen-bond acceptors (Lipinski definition) is 3. The van der Waals surface area contributed by atoms with Crippen molar-refractivity contribution >= 4 is 17.4 Å². The van der Waals surface area contributed by atoms with E-state index in [1.54, 1.807) is 0 Å². The predicted octanol–water partition coefficient (Wildman–Crippen LogP) is 3.83. The number of pyridine rings is 1. The van der Waals surface area contributed by atoms with Crippen LogP contribution in [0.25, 0.3) is 0 Å². The Balaban J connectivity index is 2.82. The fraction of sp³-hybridized carbons (Fsp3) is 0.643. The first-order valence-corrected chi connectivity index (χ1v) is 6.63. The summed E-state index contributed by atoms with van der Waals surface area (Å²) in [5.74, 6) is 0.859. The van der Waals surface area contributed by atoms with Gasteiger partial charge in [-0.15, -0.1) is 0 Å². The fourth-order valence-electron chi connectivity index (χ4n) is 1.41. The topological polar surface area (TPSA) is 37.0 Å². The lowest BCUT2D eigenvalue weighted by molar-refractivity contribution is 0.421. The Labute approximate surface area is 115 Å². The van der Waals surface area contributed by atoms with Crippen LogP contribution in [0.1, 0.15) is 47.2 Å². The maximum atomic E-state index is 6.17. The lowest BCUT2D eigenvalue weighted by atomic mass is 10.1. The number of hydrogen-bond donors (Lipinski definition) is 2. The normalized spacial score (nSPS) is 12.6. The standard InChI is InChI=1S/C14H24ClN3/c1-13(2,3)16-9-11-10(15)7-8-12(17-11)18-14(4,5)6/h7-8,16H,9H2,1-6H3,(H,17,18). The van der Waals surface area contributed by atoms with Crippen molar-refractivity contribution in [2.75, 3.05) is 5.32 Å². The summed E-state index contributed by atoms with van der Waals surface area (Å²) >= 11 is 6.17. The molecule has 1 rings (SSSR count). The van der Waals surface area contributed by atoms with Crippen molar-refractivity contribution in [2.45, 2.75) is 59.2 Å². The lowest BCUT2D eigenvalue weighted by Gasteiger charge is -2.23. The molecule has 0 fully saturated rings. The molecule has 102 valence electrons. The van der Waals surface area contributed by atoms with Crippen LogP contribution in [0.5, 0.6) is 0 Å². The van der Waals surface area contributed by atoms with E-state index in [1.165, 1.54) is 0 Å². The van der Waals surface area contributed by atoms with Crippen LogP contribution in [-0.2, 0) is 6.54 Å². The number of halogens is 1. The van der Waals surface area contributed by atoms with Crippen LogP contribution in [-0.4, -0.2) is 16.1 Å². The van der Waals surface area contributed by atoms with E-state index in [2.05, 4.69) is 57.2 Å². The lowest BCUT2D eigenvalue weighted by Crippen LogP contribution is -2.35. The Kier molecular flexibility index (Phi) is 4.62. The zero-order valence-corrected chi connectivity index (χ0v) is 12.9. The second-order valence-electron chi connectivity index (χ2n) is 6.60. The molecule has 0 radical (unpaired) electrons. The maximum absolute atomic E-state index is 6.17. The molecule has 0 unspecified atom stereocenters. The monoisotopic (exact) mass is 269 g/mol. The van der Waals surface area contributed by atoms with Gasteiger partial charge in [0.1, 0.15) is 5.82 Å². The smallest absolute Gasteiger partial charge is 0.126 e. The van der Waals surface area contributed by atoms with Crippen molar-refractivity contribution in [3.8, 4) is 0 Å². The zero-order valence-electron chi connectivity index (χ0n) is 12.2. The van der Waals surface area contributed by atoms with Crippen LogP contribution in [0, 0.1) is 0 Å². The zero-order chi connectivity index (χ0) is 14.0. The summed E-state index contributed by atoms with van der Waals surface area (Å²) in [7, 11) is 0. The highest BCUT2D eigenvalue weighted by atomic mass is 35.5. The highest BCUT2D eigenvalue weighted by Crippen LogP contribution is 2.19. The predicted molar refractivity (Wildman–Crippen MR) is 79.2 cm³/mol. The molecule has 4 heteroatoms. The van der Waals surface area contributed by atoms with Crippen LogP contribution < -0.4 is 10.6 Å². The molecule has 3 nitrogen and oxygen atoms in total. The summed E-state index contributed by atoms with van der Waals surface area (Å²) in [5.41, 5.74) is 0.925. The van der Waals surface area contributed by atoms with Crippen molar-refractivity contribution < 1.29 is 0 Å². The molecule has 0 aliphatic rings. The van der Waals surface area contributed by atoms with Gasteiger partial charge in [0, 0.05) is 17.6 Å². The Hall–Kier alpha value is -0.800. The molecule has 1 aromatic rings. The van der Waals surface area contributed by atoms with Gasteiger partial charge in [0.25, 0.3) is 0 Å². The van der Waals surface area contributed by atoms with Crippen LogP contribution in [0.4, 0.5) is 5.82 Å². The average Bonchev–Trinajstić information content (AvgIpc) is 2.15. The molecule has 0 aliphatic heterocycles. The number of nitrogens with one attached hydrogen (secondary N) is 2. The van der Waals surface area contributed by atoms with Gasteiger partial charge in [-0.05, 0) is 53.7 Å². The van der Waals surface area contributed by atoms with Crippen molar-refractivity contribution in [2.24, 2.45) is 0 Å². The fourth-order valence-corrected chi connectivity index (χ4v) is 1.58. The number of anilines is 1. The maximum Gasteiger partial charge on any atom is 0.126 e. The van der Waals surface area contributed by atoms with Gasteiger partial charge in [0.15, 0.2) is 0 Å². The molecule has 0 bridgehead atoms. The van der Waals surface area contributed by atoms with E-state index in [-0.39, 0.29) is 11.1 Å². The van der Waals surface area contributed by atoms with Crippen molar-refractivity contribution in [3.63, 3.8) is 0 Å². The first kappa shape index (κ1) is 15.3. The van der Waals surface area contributed by atoms with Crippen molar-refractivity contribution in [1.29, 1.82) is 0 Å². The first-order chi connectivity index (χ1) is 8.07. The Morgan fingerprint density at radius 1 is 1.06 bits per heavy atom. The van der Waals surface area contributed by atoms with Crippen molar-refractivity contribution in [3.05, 3.63) is 22.8 Å². The van der Waals surface area contributed by atoms with E-state index in [9.17, 15) is 0 Å². The van der Waals surface area contributed by atoms with E-state index in [4.69, 9.17) is 11.6 Å². The summed E-state index contributed by atoms with van der Waals surface area (Å²) in [5, 5.41) is 7.44. The van der Waals surface area contributed by atoms with Gasteiger partial charge >= 0.3 is 0 Å². The largest absolute Gasteiger partial charge is 0.365 e. The van der Waals surface area contributed by atoms with Crippen molar-refractivity contribution in [1.82, 2.24) is 10.3 Å². The van der Waals surface area contributed by atoms with E-state index in [0.29, 0.717) is 11.6 Å². The molecule has 0 atom stereocenters. The van der Waals surface area contributed by atoms with Gasteiger partial charge in [-0.2, -0.15) is 0 Å². The minimum atomic E-state index is -0.00441. The first-order valence-electron chi connectivity index (χ1n) is 6.25. The molecule has 1 aromatic heterocycles. The third kappa shape index (κ3) is 5.69. The van der Waals surface area contributed by atoms with E-state index < -0.39 is 0 Å². The number of nitrogens with zero attached hydrogens (tertiary/aromatic N) is 1. The number of aromatic nitrogens is 1. The van der Waals surface area contributed by atoms with Gasteiger partial charge in [-0.3, -0.25) is 0 Å². The second kappa shape index (κ2) is 5.45. The molecule has 0 saturated carbocycles. The summed E-state index contributed by atoms with van der Waals surface area (Å²) in [6, 6.07) is 3.80. The van der Waals surface area contributed by atoms with Gasteiger partial charge in [0.05, 0.1) is 10.7 Å². The van der Waals surface area contributed by atoms with Gasteiger partial charge in [-0.1, -0.05) is 11.6 Å². The van der Waals surface area contributed by atoms with E-state index >= 15 is 0 Å². The Morgan fingerprint density at radius 2 is 1.67 bits per heavy atom. The Morgan fingerprint density at radius 3 is 2.17 bits per heavy atom. The number of rotatable bonds is 3. The van der Waals surface area contributed by atoms with E-state index in [1.807, 2.05) is 12.1 Å². The molecule has 0 saturated heterocycles. The average molecular weight is 270 g/mol. The molecule has 0 aliphatic carbocycles. The summed E-state index contributed by atoms with van der Waals surface area (Å²) in [6.45, 7) is 13.4. The Bertz CT molecular complexity index is 402. The van der Waals surface area contributed by atoms with Gasteiger partial charge < -0.3 is 10.6 Å². The van der Waals surface area contributed by atoms with E-state index in [0.717, 1.165) is 11.5 Å². The van der Waals surface area contributed by atoms with Crippen LogP contribution >= 0.6 is 11.6 Å². The van der Waals surface area contributed by atoms with Crippen LogP contribution in [0.2, 0.25) is 5.02 Å². The van der Waals surface area contributed by atoms with Crippen LogP contribution in [0.15, 0.2) is 12.1 Å². The van der Waals surface area contributed by atoms with Gasteiger partial charge in [0.2, 0.25) is 0 Å². The molecule has 1 heterocycles. The molecular weight excluding hydrogens is 246 g/mol. The molecule has 2 N–H and O–H groups in total. The second-order valence-corrected chi connectivity index (χ2v) is 7.01. The van der Waals surface area contributed by atoms with Crippen LogP contribution in [0.3, 0.4) is 0 Å². The molecular formula is C14H24ClN3. The third-order valence-corrected chi connectivity index (χ3v) is 2.55. The quantitative estimate of drug-likeness (QED) is 0.876. The summed E-state index contributed by atoms with van der Waals surface area (Å²) in [6.07, 6.45) is 0. The highest BCUT2D eigenvalue weighted by Gasteiger charge is 2.14. The SMILES string of the molecule is CC(C)(C)NCc1nc(NC(C)(C)C)ccc1Cl. The molecule has 0 amide bonds. The molecule has 18 heavy (non-hydrogen) atoms. The highest BCUT2D eigenvalue weighted by molar-refractivity contribution is 6.31. The van der Waals surface area contributed by atoms with Gasteiger partial charge in [-0.25, -0.2) is 4.98 Å².